The van der Waals surface area contributed by atoms with Crippen LogP contribution in [0.15, 0.2) is 29.4 Å². The summed E-state index contributed by atoms with van der Waals surface area (Å²) < 4.78 is 0. The molecule has 0 aliphatic heterocycles. The lowest BCUT2D eigenvalue weighted by Gasteiger charge is -2.12. The molecule has 82 valence electrons. The Hall–Kier alpha value is -1.42. The van der Waals surface area contributed by atoms with Gasteiger partial charge in [-0.3, -0.25) is 0 Å². The molecule has 1 rings (SSSR count). The van der Waals surface area contributed by atoms with Crippen molar-refractivity contribution in [1.29, 1.82) is 0 Å². The van der Waals surface area contributed by atoms with Crippen LogP contribution in [0.3, 0.4) is 0 Å². The summed E-state index contributed by atoms with van der Waals surface area (Å²) in [5, 5.41) is 15.2. The van der Waals surface area contributed by atoms with Crippen molar-refractivity contribution in [2.75, 3.05) is 11.9 Å². The number of oxime groups is 1. The number of rotatable bonds is 4. The van der Waals surface area contributed by atoms with Gasteiger partial charge >= 0.3 is 0 Å². The zero-order chi connectivity index (χ0) is 11.3. The molecular formula is C10H14ClN3O. The van der Waals surface area contributed by atoms with Gasteiger partial charge in [-0.05, 0) is 18.2 Å². The zero-order valence-electron chi connectivity index (χ0n) is 8.44. The molecule has 0 aliphatic carbocycles. The Morgan fingerprint density at radius 3 is 3.00 bits per heavy atom. The Labute approximate surface area is 93.7 Å². The molecule has 1 aromatic carbocycles. The van der Waals surface area contributed by atoms with Crippen LogP contribution in [0, 0.1) is 5.92 Å². The Morgan fingerprint density at radius 1 is 1.67 bits per heavy atom. The van der Waals surface area contributed by atoms with Crippen molar-refractivity contribution in [3.8, 4) is 0 Å². The van der Waals surface area contributed by atoms with Crippen LogP contribution >= 0.6 is 11.6 Å². The quantitative estimate of drug-likeness (QED) is 0.319. The minimum atomic E-state index is -0.0334. The van der Waals surface area contributed by atoms with Gasteiger partial charge in [0, 0.05) is 23.2 Å². The van der Waals surface area contributed by atoms with Gasteiger partial charge in [0.05, 0.1) is 0 Å². The number of benzene rings is 1. The van der Waals surface area contributed by atoms with E-state index in [2.05, 4.69) is 10.5 Å². The molecule has 1 aromatic rings. The van der Waals surface area contributed by atoms with Gasteiger partial charge in [-0.15, -0.1) is 0 Å². The number of amidine groups is 1. The smallest absolute Gasteiger partial charge is 0.143 e. The van der Waals surface area contributed by atoms with Gasteiger partial charge in [0.25, 0.3) is 0 Å². The fourth-order valence-corrected chi connectivity index (χ4v) is 1.26. The Balaban J connectivity index is 2.50. The average molecular weight is 228 g/mol. The number of nitrogens with zero attached hydrogens (tertiary/aromatic N) is 1. The third-order valence-electron chi connectivity index (χ3n) is 2.06. The third kappa shape index (κ3) is 3.67. The molecule has 15 heavy (non-hydrogen) atoms. The van der Waals surface area contributed by atoms with Crippen molar-refractivity contribution in [3.05, 3.63) is 29.3 Å². The van der Waals surface area contributed by atoms with Crippen LogP contribution in [0.4, 0.5) is 5.69 Å². The van der Waals surface area contributed by atoms with Gasteiger partial charge in [-0.2, -0.15) is 0 Å². The van der Waals surface area contributed by atoms with Crippen molar-refractivity contribution in [2.45, 2.75) is 6.92 Å². The van der Waals surface area contributed by atoms with E-state index in [1.54, 1.807) is 6.07 Å². The summed E-state index contributed by atoms with van der Waals surface area (Å²) in [6.07, 6.45) is 0. The topological polar surface area (TPSA) is 70.6 Å². The molecule has 0 aliphatic rings. The number of nitrogens with one attached hydrogen (secondary N) is 1. The molecule has 0 bridgehead atoms. The second-order valence-corrected chi connectivity index (χ2v) is 3.75. The van der Waals surface area contributed by atoms with Gasteiger partial charge in [-0.1, -0.05) is 29.7 Å². The summed E-state index contributed by atoms with van der Waals surface area (Å²) in [7, 11) is 0. The zero-order valence-corrected chi connectivity index (χ0v) is 9.20. The van der Waals surface area contributed by atoms with E-state index in [9.17, 15) is 0 Å². The molecule has 5 heteroatoms. The number of nitrogens with two attached hydrogens (primary N) is 1. The summed E-state index contributed by atoms with van der Waals surface area (Å²) in [4.78, 5) is 0. The highest BCUT2D eigenvalue weighted by atomic mass is 35.5. The first kappa shape index (κ1) is 11.7. The van der Waals surface area contributed by atoms with Gasteiger partial charge in [0.15, 0.2) is 0 Å². The number of hydrogen-bond donors (Lipinski definition) is 3. The fourth-order valence-electron chi connectivity index (χ4n) is 1.07. The lowest BCUT2D eigenvalue weighted by Crippen LogP contribution is -2.27. The molecule has 4 nitrogen and oxygen atoms in total. The largest absolute Gasteiger partial charge is 0.409 e. The van der Waals surface area contributed by atoms with E-state index in [0.717, 1.165) is 5.69 Å². The number of halogens is 1. The van der Waals surface area contributed by atoms with E-state index < -0.39 is 0 Å². The molecule has 0 amide bonds. The highest BCUT2D eigenvalue weighted by Crippen LogP contribution is 2.15. The summed E-state index contributed by atoms with van der Waals surface area (Å²) in [6.45, 7) is 2.46. The molecule has 0 heterocycles. The molecule has 0 spiro atoms. The summed E-state index contributed by atoms with van der Waals surface area (Å²) in [6, 6.07) is 7.39. The second kappa shape index (κ2) is 5.46. The molecule has 0 saturated heterocycles. The maximum absolute atomic E-state index is 8.46. The van der Waals surface area contributed by atoms with Gasteiger partial charge in [0.1, 0.15) is 5.84 Å². The third-order valence-corrected chi connectivity index (χ3v) is 2.29. The number of hydrogen-bond acceptors (Lipinski definition) is 3. The molecule has 1 unspecified atom stereocenters. The molecule has 0 saturated carbocycles. The SMILES string of the molecule is CC(CNc1cccc(Cl)c1)C(N)=NO. The van der Waals surface area contributed by atoms with E-state index in [1.165, 1.54) is 0 Å². The van der Waals surface area contributed by atoms with Crippen LogP contribution in [-0.2, 0) is 0 Å². The fraction of sp³-hybridized carbons (Fsp3) is 0.300. The van der Waals surface area contributed by atoms with E-state index in [1.807, 2.05) is 25.1 Å². The lowest BCUT2D eigenvalue weighted by atomic mass is 10.1. The van der Waals surface area contributed by atoms with Gasteiger partial charge in [-0.25, -0.2) is 0 Å². The molecule has 4 N–H and O–H groups in total. The van der Waals surface area contributed by atoms with E-state index in [-0.39, 0.29) is 11.8 Å². The minimum absolute atomic E-state index is 0.0334. The first-order valence-corrected chi connectivity index (χ1v) is 4.98. The van der Waals surface area contributed by atoms with Crippen LogP contribution in [0.25, 0.3) is 0 Å². The first-order valence-electron chi connectivity index (χ1n) is 4.60. The normalized spacial score (nSPS) is 13.6. The van der Waals surface area contributed by atoms with E-state index in [4.69, 9.17) is 22.5 Å². The maximum atomic E-state index is 8.46. The van der Waals surface area contributed by atoms with Crippen LogP contribution in [0.5, 0.6) is 0 Å². The predicted octanol–water partition coefficient (Wildman–Crippen LogP) is 2.13. The van der Waals surface area contributed by atoms with Crippen molar-refractivity contribution >= 4 is 23.1 Å². The van der Waals surface area contributed by atoms with Crippen molar-refractivity contribution < 1.29 is 5.21 Å². The molecular weight excluding hydrogens is 214 g/mol. The van der Waals surface area contributed by atoms with Crippen molar-refractivity contribution in [3.63, 3.8) is 0 Å². The Kier molecular flexibility index (Phi) is 4.24. The first-order chi connectivity index (χ1) is 7.13. The van der Waals surface area contributed by atoms with Crippen molar-refractivity contribution in [1.82, 2.24) is 0 Å². The standard InChI is InChI=1S/C10H14ClN3O/c1-7(10(12)14-15)6-13-9-4-2-3-8(11)5-9/h2-5,7,13,15H,6H2,1H3,(H2,12,14). The Morgan fingerprint density at radius 2 is 2.40 bits per heavy atom. The monoisotopic (exact) mass is 227 g/mol. The van der Waals surface area contributed by atoms with E-state index in [0.29, 0.717) is 11.6 Å². The number of anilines is 1. The molecule has 0 aromatic heterocycles. The summed E-state index contributed by atoms with van der Waals surface area (Å²) in [5.74, 6) is 0.179. The average Bonchev–Trinajstić information content (AvgIpc) is 2.25. The lowest BCUT2D eigenvalue weighted by molar-refractivity contribution is 0.315. The van der Waals surface area contributed by atoms with Crippen LogP contribution in [-0.4, -0.2) is 17.6 Å². The molecule has 0 radical (unpaired) electrons. The molecule has 1 atom stereocenters. The maximum Gasteiger partial charge on any atom is 0.143 e. The van der Waals surface area contributed by atoms with Gasteiger partial charge < -0.3 is 16.3 Å². The van der Waals surface area contributed by atoms with E-state index >= 15 is 0 Å². The van der Waals surface area contributed by atoms with Crippen LogP contribution in [0.1, 0.15) is 6.92 Å². The van der Waals surface area contributed by atoms with Gasteiger partial charge in [0.2, 0.25) is 0 Å². The van der Waals surface area contributed by atoms with Crippen molar-refractivity contribution in [2.24, 2.45) is 16.8 Å². The molecule has 0 fully saturated rings. The van der Waals surface area contributed by atoms with Crippen LogP contribution in [0.2, 0.25) is 5.02 Å². The summed E-state index contributed by atoms with van der Waals surface area (Å²) in [5.41, 5.74) is 6.36. The highest BCUT2D eigenvalue weighted by Gasteiger charge is 2.06. The minimum Gasteiger partial charge on any atom is -0.409 e. The van der Waals surface area contributed by atoms with Crippen LogP contribution < -0.4 is 11.1 Å². The summed E-state index contributed by atoms with van der Waals surface area (Å²) >= 11 is 5.82. The predicted molar refractivity (Wildman–Crippen MR) is 62.5 cm³/mol. The Bertz CT molecular complexity index is 354. The second-order valence-electron chi connectivity index (χ2n) is 3.32. The highest BCUT2D eigenvalue weighted by molar-refractivity contribution is 6.30.